The van der Waals surface area contributed by atoms with Crippen molar-refractivity contribution < 1.29 is 4.42 Å². The summed E-state index contributed by atoms with van der Waals surface area (Å²) in [7, 11) is 0. The van der Waals surface area contributed by atoms with Crippen molar-refractivity contribution in [2.24, 2.45) is 0 Å². The van der Waals surface area contributed by atoms with Crippen molar-refractivity contribution in [1.29, 1.82) is 0 Å². The van der Waals surface area contributed by atoms with Gasteiger partial charge in [0.25, 0.3) is 0 Å². The molecule has 2 aromatic heterocycles. The maximum Gasteiger partial charge on any atom is 0.143 e. The van der Waals surface area contributed by atoms with Gasteiger partial charge in [-0.15, -0.1) is 0 Å². The first kappa shape index (κ1) is 38.9. The van der Waals surface area contributed by atoms with E-state index in [0.717, 1.165) is 61.3 Å². The van der Waals surface area contributed by atoms with Crippen molar-refractivity contribution in [3.05, 3.63) is 277 Å². The van der Waals surface area contributed by atoms with Crippen LogP contribution in [0.4, 0.5) is 17.1 Å². The maximum atomic E-state index is 6.54. The minimum absolute atomic E-state index is 0.468. The number of rotatable bonds is 6. The molecular weight excluding hydrogens is 849 g/mol. The van der Waals surface area contributed by atoms with Gasteiger partial charge < -0.3 is 13.9 Å². The molecule has 0 amide bonds. The molecule has 13 aromatic rings. The van der Waals surface area contributed by atoms with E-state index in [0.29, 0.717) is 0 Å². The first-order chi connectivity index (χ1) is 34.7. The van der Waals surface area contributed by atoms with Crippen LogP contribution in [0.5, 0.6) is 0 Å². The molecule has 3 heterocycles. The van der Waals surface area contributed by atoms with Gasteiger partial charge in [-0.2, -0.15) is 0 Å². The van der Waals surface area contributed by atoms with Crippen LogP contribution >= 0.6 is 0 Å². The van der Waals surface area contributed by atoms with Crippen LogP contribution in [0, 0.1) is 0 Å². The Morgan fingerprint density at radius 1 is 0.343 bits per heavy atom. The summed E-state index contributed by atoms with van der Waals surface area (Å²) in [5, 5.41) is 4.71. The Balaban J connectivity index is 0.956. The van der Waals surface area contributed by atoms with Gasteiger partial charge in [-0.05, 0) is 110 Å². The predicted octanol–water partition coefficient (Wildman–Crippen LogP) is 17.8. The van der Waals surface area contributed by atoms with Crippen LogP contribution in [-0.4, -0.2) is 4.57 Å². The Labute approximate surface area is 405 Å². The van der Waals surface area contributed by atoms with Crippen LogP contribution in [0.25, 0.3) is 93.9 Å². The van der Waals surface area contributed by atoms with Crippen LogP contribution in [0.15, 0.2) is 259 Å². The summed E-state index contributed by atoms with van der Waals surface area (Å²) in [5.74, 6) is 0. The molecule has 0 radical (unpaired) electrons. The fourth-order valence-electron chi connectivity index (χ4n) is 12.3. The van der Waals surface area contributed by atoms with Gasteiger partial charge in [0.2, 0.25) is 0 Å². The van der Waals surface area contributed by atoms with Crippen LogP contribution in [0.1, 0.15) is 22.3 Å². The summed E-state index contributed by atoms with van der Waals surface area (Å²) in [6, 6.07) is 93.5. The molecule has 11 aromatic carbocycles. The predicted molar refractivity (Wildman–Crippen MR) is 290 cm³/mol. The van der Waals surface area contributed by atoms with E-state index in [2.05, 4.69) is 258 Å². The zero-order valence-electron chi connectivity index (χ0n) is 38.1. The Bertz CT molecular complexity index is 4200. The molecule has 1 spiro atoms. The zero-order chi connectivity index (χ0) is 45.9. The summed E-state index contributed by atoms with van der Waals surface area (Å²) >= 11 is 0. The first-order valence-electron chi connectivity index (χ1n) is 24.2. The Morgan fingerprint density at radius 2 is 0.929 bits per heavy atom. The second-order valence-electron chi connectivity index (χ2n) is 18.7. The third-order valence-electron chi connectivity index (χ3n) is 15.2. The minimum atomic E-state index is -0.468. The molecule has 0 unspecified atom stereocenters. The summed E-state index contributed by atoms with van der Waals surface area (Å²) in [5.41, 5.74) is 23.0. The van der Waals surface area contributed by atoms with Crippen molar-refractivity contribution in [1.82, 2.24) is 4.57 Å². The highest BCUT2D eigenvalue weighted by Crippen LogP contribution is 2.61. The zero-order valence-corrected chi connectivity index (χ0v) is 38.1. The second-order valence-corrected chi connectivity index (χ2v) is 18.7. The largest absolute Gasteiger partial charge is 0.455 e. The van der Waals surface area contributed by atoms with Gasteiger partial charge in [-0.25, -0.2) is 0 Å². The number of fused-ring (bicyclic) bond motifs is 15. The SMILES string of the molecule is c1ccc(-c2cccc(-c3ccccc3N(c3ccc(-c4cccc5c4oc4ccccc45)cc3)c3ccc4c(c3)c3cccc5c3n4-c3ccccc3C53c4ccccc4-c4ccccc43)c2)cc1. The molecule has 0 atom stereocenters. The number of hydrogen-bond acceptors (Lipinski definition) is 2. The van der Waals surface area contributed by atoms with E-state index < -0.39 is 5.41 Å². The number of furan rings is 1. The molecule has 0 N–H and O–H groups in total. The normalized spacial score (nSPS) is 13.0. The van der Waals surface area contributed by atoms with Crippen LogP contribution in [-0.2, 0) is 5.41 Å². The van der Waals surface area contributed by atoms with Gasteiger partial charge in [0.1, 0.15) is 11.2 Å². The summed E-state index contributed by atoms with van der Waals surface area (Å²) in [6.45, 7) is 0. The average molecular weight is 891 g/mol. The van der Waals surface area contributed by atoms with Crippen LogP contribution in [0.2, 0.25) is 0 Å². The number of para-hydroxylation sites is 5. The highest BCUT2D eigenvalue weighted by Gasteiger charge is 2.50. The molecule has 0 saturated carbocycles. The van der Waals surface area contributed by atoms with Crippen LogP contribution < -0.4 is 4.90 Å². The van der Waals surface area contributed by atoms with E-state index in [1.165, 1.54) is 72.0 Å². The van der Waals surface area contributed by atoms with Crippen molar-refractivity contribution in [3.8, 4) is 50.2 Å². The van der Waals surface area contributed by atoms with E-state index in [-0.39, 0.29) is 0 Å². The second kappa shape index (κ2) is 14.9. The highest BCUT2D eigenvalue weighted by molar-refractivity contribution is 6.14. The molecule has 3 nitrogen and oxygen atoms in total. The maximum absolute atomic E-state index is 6.54. The molecule has 0 saturated heterocycles. The molecule has 0 bridgehead atoms. The first-order valence-corrected chi connectivity index (χ1v) is 24.2. The van der Waals surface area contributed by atoms with E-state index in [4.69, 9.17) is 4.42 Å². The summed E-state index contributed by atoms with van der Waals surface area (Å²) < 4.78 is 9.07. The van der Waals surface area contributed by atoms with Crippen molar-refractivity contribution in [3.63, 3.8) is 0 Å². The van der Waals surface area contributed by atoms with Gasteiger partial charge in [-0.1, -0.05) is 200 Å². The van der Waals surface area contributed by atoms with Gasteiger partial charge >= 0.3 is 0 Å². The summed E-state index contributed by atoms with van der Waals surface area (Å²) in [6.07, 6.45) is 0. The Kier molecular flexibility index (Phi) is 8.28. The molecule has 2 aliphatic rings. The van der Waals surface area contributed by atoms with Gasteiger partial charge in [0.05, 0.1) is 27.8 Å². The molecule has 3 heteroatoms. The minimum Gasteiger partial charge on any atom is -0.455 e. The lowest BCUT2D eigenvalue weighted by Crippen LogP contribution is -2.33. The number of hydrogen-bond donors (Lipinski definition) is 0. The number of nitrogens with zero attached hydrogens (tertiary/aromatic N) is 2. The average Bonchev–Trinajstić information content (AvgIpc) is 4.09. The quantitative estimate of drug-likeness (QED) is 0.166. The van der Waals surface area contributed by atoms with Gasteiger partial charge in [0.15, 0.2) is 0 Å². The lowest BCUT2D eigenvalue weighted by molar-refractivity contribution is 0.670. The fraction of sp³-hybridized carbons (Fsp3) is 0.0149. The van der Waals surface area contributed by atoms with Gasteiger partial charge in [-0.3, -0.25) is 0 Å². The number of benzene rings is 11. The topological polar surface area (TPSA) is 21.3 Å². The summed E-state index contributed by atoms with van der Waals surface area (Å²) in [4.78, 5) is 2.45. The smallest absolute Gasteiger partial charge is 0.143 e. The third kappa shape index (κ3) is 5.40. The molecule has 0 fully saturated rings. The lowest BCUT2D eigenvalue weighted by Gasteiger charge is -2.39. The van der Waals surface area contributed by atoms with E-state index in [1.54, 1.807) is 0 Å². The molecule has 70 heavy (non-hydrogen) atoms. The van der Waals surface area contributed by atoms with E-state index in [1.807, 2.05) is 6.07 Å². The standard InChI is InChI=1S/C67H42N2O/c1-2-17-43(18-3-1)45-19-14-20-46(41-45)49-21-6-11-32-61(49)68(47-37-35-44(36-38-47)50-25-15-27-55-53-24-7-13-34-64(53)70-66(50)55)48-39-40-62-56(42-48)54-26-16-31-60-65(54)69(62)63-33-12-10-30-59(63)67(60)57-28-8-4-22-51(57)52-23-5-9-29-58(52)67/h1-42H. The molecule has 1 aliphatic heterocycles. The number of anilines is 3. The van der Waals surface area contributed by atoms with Gasteiger partial charge in [0, 0.05) is 44.0 Å². The molecule has 15 rings (SSSR count). The van der Waals surface area contributed by atoms with Crippen molar-refractivity contribution in [2.75, 3.05) is 4.90 Å². The van der Waals surface area contributed by atoms with Crippen molar-refractivity contribution in [2.45, 2.75) is 5.41 Å². The number of aromatic nitrogens is 1. The lowest BCUT2D eigenvalue weighted by atomic mass is 9.65. The van der Waals surface area contributed by atoms with Crippen molar-refractivity contribution >= 4 is 60.8 Å². The molecule has 326 valence electrons. The third-order valence-corrected chi connectivity index (χ3v) is 15.2. The highest BCUT2D eigenvalue weighted by atomic mass is 16.3. The van der Waals surface area contributed by atoms with E-state index >= 15 is 0 Å². The molecule has 1 aliphatic carbocycles. The van der Waals surface area contributed by atoms with E-state index in [9.17, 15) is 0 Å². The Hall–Kier alpha value is -9.18. The van der Waals surface area contributed by atoms with Crippen LogP contribution in [0.3, 0.4) is 0 Å². The Morgan fingerprint density at radius 3 is 1.76 bits per heavy atom. The monoisotopic (exact) mass is 890 g/mol. The molecular formula is C67H42N2O. The fourth-order valence-corrected chi connectivity index (χ4v) is 12.3.